The number of nitrogens with zero attached hydrogens (tertiary/aromatic N) is 2. The van der Waals surface area contributed by atoms with E-state index in [4.69, 9.17) is 23.2 Å². The molecule has 0 saturated carbocycles. The number of sulfonamides is 1. The van der Waals surface area contributed by atoms with Crippen LogP contribution in [0.5, 0.6) is 0 Å². The zero-order valence-electron chi connectivity index (χ0n) is 24.7. The van der Waals surface area contributed by atoms with Crippen molar-refractivity contribution in [1.29, 1.82) is 0 Å². The van der Waals surface area contributed by atoms with E-state index in [0.29, 0.717) is 32.3 Å². The Labute approximate surface area is 283 Å². The van der Waals surface area contributed by atoms with Crippen molar-refractivity contribution in [2.75, 3.05) is 17.4 Å². The summed E-state index contributed by atoms with van der Waals surface area (Å²) in [6.07, 6.45) is 1.87. The summed E-state index contributed by atoms with van der Waals surface area (Å²) in [6.45, 7) is 1.91. The summed E-state index contributed by atoms with van der Waals surface area (Å²) in [5, 5.41) is 3.63. The van der Waals surface area contributed by atoms with Gasteiger partial charge in [0.1, 0.15) is 12.6 Å². The smallest absolute Gasteiger partial charge is 0.264 e. The highest BCUT2D eigenvalue weighted by Gasteiger charge is 2.34. The molecule has 0 heterocycles. The standard InChI is InChI=1S/C34H34BrCl2N3O4S/c1-2-3-19-38-34(42)32(21-25-11-6-4-7-12-25)39(23-26-17-18-30(36)31(37)20-26)33(41)24-40(28-14-10-13-27(35)22-28)45(43,44)29-15-8-5-9-16-29/h4-18,20,22,32H,2-3,19,21,23-24H2,1H3,(H,38,42)/t32-/m1/s1. The molecule has 0 unspecified atom stereocenters. The molecule has 4 rings (SSSR count). The minimum atomic E-state index is -4.18. The fourth-order valence-electron chi connectivity index (χ4n) is 4.77. The summed E-state index contributed by atoms with van der Waals surface area (Å²) in [5.41, 5.74) is 1.78. The van der Waals surface area contributed by atoms with Crippen LogP contribution in [0.4, 0.5) is 5.69 Å². The highest BCUT2D eigenvalue weighted by molar-refractivity contribution is 9.10. The zero-order valence-corrected chi connectivity index (χ0v) is 28.6. The molecule has 4 aromatic carbocycles. The molecule has 45 heavy (non-hydrogen) atoms. The average Bonchev–Trinajstić information content (AvgIpc) is 3.04. The number of carbonyl (C=O) groups is 2. The molecular weight excluding hydrogens is 697 g/mol. The summed E-state index contributed by atoms with van der Waals surface area (Å²) in [6, 6.07) is 28.1. The summed E-state index contributed by atoms with van der Waals surface area (Å²) in [5.74, 6) is -0.896. The Morgan fingerprint density at radius 3 is 2.18 bits per heavy atom. The minimum absolute atomic E-state index is 0.00781. The lowest BCUT2D eigenvalue weighted by molar-refractivity contribution is -0.140. The fourth-order valence-corrected chi connectivity index (χ4v) is 6.91. The third kappa shape index (κ3) is 9.33. The monoisotopic (exact) mass is 729 g/mol. The van der Waals surface area contributed by atoms with Gasteiger partial charge >= 0.3 is 0 Å². The van der Waals surface area contributed by atoms with Crippen molar-refractivity contribution < 1.29 is 18.0 Å². The Hall–Kier alpha value is -3.37. The second-order valence-corrected chi connectivity index (χ2v) is 14.0. The molecule has 11 heteroatoms. The zero-order chi connectivity index (χ0) is 32.4. The molecule has 7 nitrogen and oxygen atoms in total. The first kappa shape index (κ1) is 34.5. The largest absolute Gasteiger partial charge is 0.354 e. The third-order valence-corrected chi connectivity index (χ3v) is 10.2. The maximum absolute atomic E-state index is 14.5. The molecule has 0 aromatic heterocycles. The lowest BCUT2D eigenvalue weighted by Gasteiger charge is -2.34. The average molecular weight is 732 g/mol. The van der Waals surface area contributed by atoms with Gasteiger partial charge in [0.15, 0.2) is 0 Å². The van der Waals surface area contributed by atoms with Gasteiger partial charge in [-0.15, -0.1) is 0 Å². The lowest BCUT2D eigenvalue weighted by Crippen LogP contribution is -2.53. The molecule has 0 bridgehead atoms. The van der Waals surface area contributed by atoms with Crippen molar-refractivity contribution in [1.82, 2.24) is 10.2 Å². The van der Waals surface area contributed by atoms with Crippen LogP contribution in [-0.4, -0.2) is 44.3 Å². The van der Waals surface area contributed by atoms with Gasteiger partial charge in [-0.25, -0.2) is 8.42 Å². The summed E-state index contributed by atoms with van der Waals surface area (Å²) in [4.78, 5) is 29.8. The second kappa shape index (κ2) is 16.3. The van der Waals surface area contributed by atoms with Crippen molar-refractivity contribution >= 4 is 66.7 Å². The number of nitrogens with one attached hydrogen (secondary N) is 1. The van der Waals surface area contributed by atoms with Crippen LogP contribution < -0.4 is 9.62 Å². The number of rotatable bonds is 14. The van der Waals surface area contributed by atoms with E-state index >= 15 is 0 Å². The van der Waals surface area contributed by atoms with Crippen LogP contribution in [0.3, 0.4) is 0 Å². The molecule has 4 aromatic rings. The Kier molecular flexibility index (Phi) is 12.5. The normalized spacial score (nSPS) is 11.9. The third-order valence-electron chi connectivity index (χ3n) is 7.14. The number of unbranched alkanes of at least 4 members (excludes halogenated alkanes) is 1. The van der Waals surface area contributed by atoms with Crippen LogP contribution in [0.1, 0.15) is 30.9 Å². The van der Waals surface area contributed by atoms with Crippen molar-refractivity contribution in [2.24, 2.45) is 0 Å². The van der Waals surface area contributed by atoms with Crippen molar-refractivity contribution in [3.63, 3.8) is 0 Å². The van der Waals surface area contributed by atoms with Gasteiger partial charge in [-0.3, -0.25) is 13.9 Å². The van der Waals surface area contributed by atoms with E-state index < -0.39 is 28.5 Å². The molecule has 236 valence electrons. The van der Waals surface area contributed by atoms with Gasteiger partial charge in [-0.2, -0.15) is 0 Å². The number of halogens is 3. The van der Waals surface area contributed by atoms with E-state index in [1.807, 2.05) is 37.3 Å². The van der Waals surface area contributed by atoms with Crippen LogP contribution in [0.2, 0.25) is 10.0 Å². The van der Waals surface area contributed by atoms with Crippen LogP contribution in [-0.2, 0) is 32.6 Å². The molecule has 2 amide bonds. The van der Waals surface area contributed by atoms with E-state index in [2.05, 4.69) is 21.2 Å². The maximum Gasteiger partial charge on any atom is 0.264 e. The van der Waals surface area contributed by atoms with E-state index in [1.165, 1.54) is 17.0 Å². The van der Waals surface area contributed by atoms with Gasteiger partial charge in [0, 0.05) is 24.0 Å². The Balaban J connectivity index is 1.80. The maximum atomic E-state index is 14.5. The van der Waals surface area contributed by atoms with E-state index in [9.17, 15) is 18.0 Å². The minimum Gasteiger partial charge on any atom is -0.354 e. The molecule has 0 spiro atoms. The number of hydrogen-bond donors (Lipinski definition) is 1. The molecule has 0 aliphatic rings. The molecule has 1 atom stereocenters. The number of carbonyl (C=O) groups excluding carboxylic acids is 2. The van der Waals surface area contributed by atoms with E-state index in [-0.39, 0.29) is 23.8 Å². The van der Waals surface area contributed by atoms with Crippen LogP contribution >= 0.6 is 39.1 Å². The molecule has 0 aliphatic carbocycles. The van der Waals surface area contributed by atoms with Gasteiger partial charge in [-0.1, -0.05) is 113 Å². The van der Waals surface area contributed by atoms with Gasteiger partial charge in [0.2, 0.25) is 11.8 Å². The molecular formula is C34H34BrCl2N3O4S. The highest BCUT2D eigenvalue weighted by Crippen LogP contribution is 2.28. The predicted molar refractivity (Wildman–Crippen MR) is 184 cm³/mol. The van der Waals surface area contributed by atoms with Gasteiger partial charge in [0.25, 0.3) is 10.0 Å². The molecule has 0 saturated heterocycles. The lowest BCUT2D eigenvalue weighted by atomic mass is 10.0. The van der Waals surface area contributed by atoms with Gasteiger partial charge in [-0.05, 0) is 60.0 Å². The number of benzene rings is 4. The summed E-state index contributed by atoms with van der Waals surface area (Å²) in [7, 11) is -4.18. The topological polar surface area (TPSA) is 86.8 Å². The first-order valence-electron chi connectivity index (χ1n) is 14.5. The predicted octanol–water partition coefficient (Wildman–Crippen LogP) is 7.51. The first-order chi connectivity index (χ1) is 21.6. The van der Waals surface area contributed by atoms with Crippen molar-refractivity contribution in [3.8, 4) is 0 Å². The van der Waals surface area contributed by atoms with E-state index in [1.54, 1.807) is 60.7 Å². The second-order valence-electron chi connectivity index (χ2n) is 10.4. The number of hydrogen-bond acceptors (Lipinski definition) is 4. The van der Waals surface area contributed by atoms with Crippen LogP contribution in [0.25, 0.3) is 0 Å². The Morgan fingerprint density at radius 2 is 1.53 bits per heavy atom. The molecule has 1 N–H and O–H groups in total. The fraction of sp³-hybridized carbons (Fsp3) is 0.235. The van der Waals surface area contributed by atoms with E-state index in [0.717, 1.165) is 22.7 Å². The van der Waals surface area contributed by atoms with Gasteiger partial charge < -0.3 is 10.2 Å². The highest BCUT2D eigenvalue weighted by atomic mass is 79.9. The Bertz CT molecular complexity index is 1710. The summed E-state index contributed by atoms with van der Waals surface area (Å²) < 4.78 is 29.8. The van der Waals surface area contributed by atoms with Crippen LogP contribution in [0.15, 0.2) is 112 Å². The number of amides is 2. The van der Waals surface area contributed by atoms with Crippen LogP contribution in [0, 0.1) is 0 Å². The Morgan fingerprint density at radius 1 is 0.844 bits per heavy atom. The first-order valence-corrected chi connectivity index (χ1v) is 17.5. The van der Waals surface area contributed by atoms with Crippen molar-refractivity contribution in [3.05, 3.63) is 129 Å². The quantitative estimate of drug-likeness (QED) is 0.136. The van der Waals surface area contributed by atoms with Crippen molar-refractivity contribution in [2.45, 2.75) is 43.7 Å². The molecule has 0 aliphatic heterocycles. The van der Waals surface area contributed by atoms with Gasteiger partial charge in [0.05, 0.1) is 20.6 Å². The summed E-state index contributed by atoms with van der Waals surface area (Å²) >= 11 is 15.9. The molecule has 0 radical (unpaired) electrons. The molecule has 0 fully saturated rings. The number of anilines is 1. The SMILES string of the molecule is CCCCNC(=O)[C@@H](Cc1ccccc1)N(Cc1ccc(Cl)c(Cl)c1)C(=O)CN(c1cccc(Br)c1)S(=O)(=O)c1ccccc1.